The summed E-state index contributed by atoms with van der Waals surface area (Å²) in [6, 6.07) is 16.5. The SMILES string of the molecule is CCCCc1c(C)c(C#N)c2nc3ccccc3n2c1NCCc1ccc(OC)c(OC)c1. The summed E-state index contributed by atoms with van der Waals surface area (Å²) in [7, 11) is 3.30. The second-order valence-electron chi connectivity index (χ2n) is 8.17. The smallest absolute Gasteiger partial charge is 0.160 e. The van der Waals surface area contributed by atoms with Crippen LogP contribution in [0.5, 0.6) is 11.5 Å². The van der Waals surface area contributed by atoms with Crippen molar-refractivity contribution in [1.82, 2.24) is 9.38 Å². The molecule has 6 nitrogen and oxygen atoms in total. The van der Waals surface area contributed by atoms with E-state index in [0.29, 0.717) is 11.2 Å². The Morgan fingerprint density at radius 2 is 1.85 bits per heavy atom. The topological polar surface area (TPSA) is 71.6 Å². The van der Waals surface area contributed by atoms with Crippen molar-refractivity contribution in [2.75, 3.05) is 26.1 Å². The third kappa shape index (κ3) is 4.19. The molecule has 6 heteroatoms. The fourth-order valence-corrected chi connectivity index (χ4v) is 4.39. The lowest BCUT2D eigenvalue weighted by atomic mass is 9.99. The quantitative estimate of drug-likeness (QED) is 0.361. The highest BCUT2D eigenvalue weighted by Crippen LogP contribution is 2.32. The molecule has 0 aliphatic carbocycles. The number of hydrogen-bond donors (Lipinski definition) is 1. The summed E-state index contributed by atoms with van der Waals surface area (Å²) in [6.45, 7) is 4.97. The normalized spacial score (nSPS) is 11.0. The van der Waals surface area contributed by atoms with Crippen LogP contribution in [0.15, 0.2) is 42.5 Å². The van der Waals surface area contributed by atoms with Gasteiger partial charge in [-0.05, 0) is 67.1 Å². The van der Waals surface area contributed by atoms with Gasteiger partial charge in [-0.2, -0.15) is 5.26 Å². The van der Waals surface area contributed by atoms with E-state index in [-0.39, 0.29) is 0 Å². The lowest BCUT2D eigenvalue weighted by Crippen LogP contribution is -2.13. The minimum Gasteiger partial charge on any atom is -0.493 e. The van der Waals surface area contributed by atoms with Crippen molar-refractivity contribution < 1.29 is 9.47 Å². The molecule has 1 N–H and O–H groups in total. The van der Waals surface area contributed by atoms with Gasteiger partial charge in [0.15, 0.2) is 17.1 Å². The summed E-state index contributed by atoms with van der Waals surface area (Å²) in [6.07, 6.45) is 3.89. The Balaban J connectivity index is 1.76. The first-order valence-electron chi connectivity index (χ1n) is 11.4. The number of nitrogens with zero attached hydrogens (tertiary/aromatic N) is 3. The Morgan fingerprint density at radius 3 is 2.58 bits per heavy atom. The van der Waals surface area contributed by atoms with Crippen LogP contribution < -0.4 is 14.8 Å². The third-order valence-corrected chi connectivity index (χ3v) is 6.17. The molecule has 0 saturated heterocycles. The molecule has 0 aliphatic heterocycles. The number of unbranched alkanes of at least 4 members (excludes halogenated alkanes) is 1. The molecule has 2 aromatic heterocycles. The summed E-state index contributed by atoms with van der Waals surface area (Å²) >= 11 is 0. The summed E-state index contributed by atoms with van der Waals surface area (Å²) in [5.41, 5.74) is 6.64. The van der Waals surface area contributed by atoms with Gasteiger partial charge in [-0.3, -0.25) is 4.40 Å². The Kier molecular flexibility index (Phi) is 6.69. The standard InChI is InChI=1S/C27H30N4O2/c1-5-6-9-20-18(2)21(17-28)27-30-22-10-7-8-11-23(22)31(27)26(20)29-15-14-19-12-13-24(32-3)25(16-19)33-4/h7-8,10-13,16,29H,5-6,9,14-15H2,1-4H3. The number of imidazole rings is 1. The number of nitriles is 1. The van der Waals surface area contributed by atoms with E-state index in [1.807, 2.05) is 37.3 Å². The molecule has 4 rings (SSSR count). The molecular formula is C27H30N4O2. The van der Waals surface area contributed by atoms with E-state index >= 15 is 0 Å². The summed E-state index contributed by atoms with van der Waals surface area (Å²) in [5, 5.41) is 13.6. The molecule has 0 aliphatic rings. The van der Waals surface area contributed by atoms with Gasteiger partial charge in [0.1, 0.15) is 11.9 Å². The fraction of sp³-hybridized carbons (Fsp3) is 0.333. The molecule has 0 saturated carbocycles. The monoisotopic (exact) mass is 442 g/mol. The molecule has 0 unspecified atom stereocenters. The molecule has 0 spiro atoms. The van der Waals surface area contributed by atoms with Crippen LogP contribution in [0.1, 0.15) is 42.0 Å². The molecule has 0 atom stereocenters. The lowest BCUT2D eigenvalue weighted by molar-refractivity contribution is 0.354. The van der Waals surface area contributed by atoms with Crippen LogP contribution >= 0.6 is 0 Å². The Bertz CT molecular complexity index is 1330. The van der Waals surface area contributed by atoms with Crippen molar-refractivity contribution in [3.63, 3.8) is 0 Å². The van der Waals surface area contributed by atoms with Gasteiger partial charge in [0.2, 0.25) is 0 Å². The number of hydrogen-bond acceptors (Lipinski definition) is 5. The number of nitrogens with one attached hydrogen (secondary N) is 1. The first-order valence-corrected chi connectivity index (χ1v) is 11.4. The van der Waals surface area contributed by atoms with E-state index in [1.54, 1.807) is 14.2 Å². The Labute approximate surface area is 194 Å². The van der Waals surface area contributed by atoms with Crippen molar-refractivity contribution in [3.8, 4) is 17.6 Å². The predicted molar refractivity (Wildman–Crippen MR) is 133 cm³/mol. The highest BCUT2D eigenvalue weighted by molar-refractivity contribution is 5.86. The first-order chi connectivity index (χ1) is 16.1. The average Bonchev–Trinajstić information content (AvgIpc) is 3.22. The number of methoxy groups -OCH3 is 2. The molecular weight excluding hydrogens is 412 g/mol. The number of para-hydroxylation sites is 2. The molecule has 2 aromatic carbocycles. The highest BCUT2D eigenvalue weighted by atomic mass is 16.5. The first kappa shape index (κ1) is 22.5. The maximum Gasteiger partial charge on any atom is 0.160 e. The second-order valence-corrected chi connectivity index (χ2v) is 8.17. The van der Waals surface area contributed by atoms with Crippen LogP contribution in [-0.2, 0) is 12.8 Å². The Hall–Kier alpha value is -3.72. The molecule has 2 heterocycles. The van der Waals surface area contributed by atoms with Crippen molar-refractivity contribution in [2.45, 2.75) is 39.5 Å². The van der Waals surface area contributed by atoms with Gasteiger partial charge in [0.25, 0.3) is 0 Å². The van der Waals surface area contributed by atoms with Crippen LogP contribution in [0, 0.1) is 18.3 Å². The Morgan fingerprint density at radius 1 is 1.06 bits per heavy atom. The zero-order valence-electron chi connectivity index (χ0n) is 19.7. The molecule has 4 aromatic rings. The van der Waals surface area contributed by atoms with E-state index in [2.05, 4.69) is 34.8 Å². The summed E-state index contributed by atoms with van der Waals surface area (Å²) in [4.78, 5) is 4.81. The van der Waals surface area contributed by atoms with Crippen LogP contribution in [0.4, 0.5) is 5.82 Å². The van der Waals surface area contributed by atoms with Crippen molar-refractivity contribution in [3.05, 3.63) is 64.7 Å². The lowest BCUT2D eigenvalue weighted by Gasteiger charge is -2.19. The zero-order chi connectivity index (χ0) is 23.4. The van der Waals surface area contributed by atoms with Gasteiger partial charge in [0.05, 0.1) is 30.8 Å². The van der Waals surface area contributed by atoms with Gasteiger partial charge in [-0.25, -0.2) is 4.98 Å². The van der Waals surface area contributed by atoms with E-state index < -0.39 is 0 Å². The molecule has 33 heavy (non-hydrogen) atoms. The van der Waals surface area contributed by atoms with E-state index in [1.165, 1.54) is 5.56 Å². The predicted octanol–water partition coefficient (Wildman–Crippen LogP) is 5.68. The van der Waals surface area contributed by atoms with E-state index in [4.69, 9.17) is 14.5 Å². The van der Waals surface area contributed by atoms with Crippen molar-refractivity contribution >= 4 is 22.5 Å². The maximum atomic E-state index is 9.95. The maximum absolute atomic E-state index is 9.95. The minimum absolute atomic E-state index is 0.655. The number of ether oxygens (including phenoxy) is 2. The van der Waals surface area contributed by atoms with Gasteiger partial charge in [-0.1, -0.05) is 31.5 Å². The van der Waals surface area contributed by atoms with Gasteiger partial charge in [-0.15, -0.1) is 0 Å². The number of aromatic nitrogens is 2. The second kappa shape index (κ2) is 9.83. The van der Waals surface area contributed by atoms with Gasteiger partial charge >= 0.3 is 0 Å². The molecule has 0 fully saturated rings. The summed E-state index contributed by atoms with van der Waals surface area (Å²) < 4.78 is 12.9. The number of pyridine rings is 1. The molecule has 0 radical (unpaired) electrons. The zero-order valence-corrected chi connectivity index (χ0v) is 19.7. The minimum atomic E-state index is 0.655. The summed E-state index contributed by atoms with van der Waals surface area (Å²) in [5.74, 6) is 2.49. The molecule has 0 bridgehead atoms. The van der Waals surface area contributed by atoms with Crippen LogP contribution in [0.2, 0.25) is 0 Å². The fourth-order valence-electron chi connectivity index (χ4n) is 4.39. The number of rotatable bonds is 9. The van der Waals surface area contributed by atoms with Gasteiger partial charge < -0.3 is 14.8 Å². The van der Waals surface area contributed by atoms with Crippen LogP contribution in [0.3, 0.4) is 0 Å². The average molecular weight is 443 g/mol. The molecule has 170 valence electrons. The van der Waals surface area contributed by atoms with E-state index in [9.17, 15) is 5.26 Å². The number of anilines is 1. The number of benzene rings is 2. The largest absolute Gasteiger partial charge is 0.493 e. The van der Waals surface area contributed by atoms with Crippen molar-refractivity contribution in [2.24, 2.45) is 0 Å². The molecule has 0 amide bonds. The van der Waals surface area contributed by atoms with Crippen molar-refractivity contribution in [1.29, 1.82) is 5.26 Å². The highest BCUT2D eigenvalue weighted by Gasteiger charge is 2.20. The third-order valence-electron chi connectivity index (χ3n) is 6.17. The van der Waals surface area contributed by atoms with Gasteiger partial charge in [0, 0.05) is 6.54 Å². The van der Waals surface area contributed by atoms with Crippen LogP contribution in [0.25, 0.3) is 16.7 Å². The number of fused-ring (bicyclic) bond motifs is 3. The van der Waals surface area contributed by atoms with E-state index in [0.717, 1.165) is 71.7 Å². The van der Waals surface area contributed by atoms with Crippen LogP contribution in [-0.4, -0.2) is 30.1 Å².